The molecule has 0 saturated heterocycles. The van der Waals surface area contributed by atoms with Crippen molar-refractivity contribution >= 4 is 35.0 Å². The van der Waals surface area contributed by atoms with Crippen LogP contribution in [0.2, 0.25) is 0 Å². The van der Waals surface area contributed by atoms with Gasteiger partial charge in [0.25, 0.3) is 0 Å². The third-order valence-corrected chi connectivity index (χ3v) is 6.33. The van der Waals surface area contributed by atoms with Crippen molar-refractivity contribution in [1.82, 2.24) is 15.5 Å². The van der Waals surface area contributed by atoms with Gasteiger partial charge < -0.3 is 30.3 Å². The zero-order valence-electron chi connectivity index (χ0n) is 18.9. The largest absolute Gasteiger partial charge is 0.460 e. The molecule has 1 saturated carbocycles. The predicted octanol–water partition coefficient (Wildman–Crippen LogP) is 3.47. The van der Waals surface area contributed by atoms with Crippen molar-refractivity contribution in [2.24, 2.45) is 0 Å². The summed E-state index contributed by atoms with van der Waals surface area (Å²) in [5.74, 6) is -0.416. The number of thiocarbonyl (C=S) groups is 1. The molecule has 1 aromatic rings. The minimum Gasteiger partial charge on any atom is -0.460 e. The summed E-state index contributed by atoms with van der Waals surface area (Å²) in [7, 11) is 3.36. The second-order valence-electron chi connectivity index (χ2n) is 8.12. The van der Waals surface area contributed by atoms with Crippen LogP contribution in [0.1, 0.15) is 50.6 Å². The normalized spacial score (nSPS) is 19.4. The third-order valence-electron chi connectivity index (χ3n) is 5.94. The molecule has 9 heteroatoms. The molecule has 0 radical (unpaired) electrons. The van der Waals surface area contributed by atoms with E-state index >= 15 is 0 Å². The lowest BCUT2D eigenvalue weighted by Gasteiger charge is -2.35. The average molecular weight is 461 g/mol. The van der Waals surface area contributed by atoms with Gasteiger partial charge in [0.2, 0.25) is 0 Å². The maximum Gasteiger partial charge on any atom is 0.338 e. The molecule has 174 valence electrons. The quantitative estimate of drug-likeness (QED) is 0.326. The number of nitrogens with one attached hydrogen (secondary N) is 3. The number of methoxy groups -OCH3 is 1. The molecule has 1 unspecified atom stereocenters. The van der Waals surface area contributed by atoms with E-state index in [1.165, 1.54) is 6.42 Å². The number of nitrogens with zero attached hydrogens (tertiary/aromatic N) is 1. The molecule has 1 fully saturated rings. The Bertz CT molecular complexity index is 865. The van der Waals surface area contributed by atoms with Crippen LogP contribution in [0.4, 0.5) is 10.5 Å². The van der Waals surface area contributed by atoms with Crippen LogP contribution in [0.3, 0.4) is 0 Å². The number of amides is 2. The Morgan fingerprint density at radius 3 is 2.50 bits per heavy atom. The number of carbonyl (C=O) groups is 2. The number of esters is 1. The fraction of sp³-hybridized carbons (Fsp3) is 0.522. The Kier molecular flexibility index (Phi) is 8.46. The number of benzene rings is 1. The van der Waals surface area contributed by atoms with E-state index in [9.17, 15) is 9.59 Å². The van der Waals surface area contributed by atoms with Crippen molar-refractivity contribution in [3.05, 3.63) is 41.1 Å². The van der Waals surface area contributed by atoms with Crippen molar-refractivity contribution in [2.45, 2.75) is 51.1 Å². The first-order valence-electron chi connectivity index (χ1n) is 11.0. The van der Waals surface area contributed by atoms with Crippen LogP contribution in [0.25, 0.3) is 0 Å². The van der Waals surface area contributed by atoms with Crippen LogP contribution in [-0.2, 0) is 14.3 Å². The summed E-state index contributed by atoms with van der Waals surface area (Å²) in [6.45, 7) is 2.35. The van der Waals surface area contributed by atoms with Crippen molar-refractivity contribution in [3.63, 3.8) is 0 Å². The van der Waals surface area contributed by atoms with Crippen molar-refractivity contribution in [3.8, 4) is 0 Å². The smallest absolute Gasteiger partial charge is 0.338 e. The lowest BCUT2D eigenvalue weighted by Crippen LogP contribution is -2.46. The fourth-order valence-electron chi connectivity index (χ4n) is 4.00. The van der Waals surface area contributed by atoms with Gasteiger partial charge in [-0.05, 0) is 49.7 Å². The van der Waals surface area contributed by atoms with Gasteiger partial charge in [-0.25, -0.2) is 9.59 Å². The van der Waals surface area contributed by atoms with Crippen molar-refractivity contribution in [2.75, 3.05) is 32.7 Å². The lowest BCUT2D eigenvalue weighted by atomic mass is 9.95. The molecule has 2 aliphatic rings. The highest BCUT2D eigenvalue weighted by molar-refractivity contribution is 7.80. The highest BCUT2D eigenvalue weighted by Crippen LogP contribution is 2.31. The zero-order valence-corrected chi connectivity index (χ0v) is 19.7. The molecule has 2 amide bonds. The molecular formula is C23H32N4O4S. The first-order chi connectivity index (χ1) is 15.4. The Morgan fingerprint density at radius 2 is 1.84 bits per heavy atom. The van der Waals surface area contributed by atoms with Gasteiger partial charge in [-0.2, -0.15) is 0 Å². The number of hydrogen-bond donors (Lipinski definition) is 3. The average Bonchev–Trinajstić information content (AvgIpc) is 2.78. The summed E-state index contributed by atoms with van der Waals surface area (Å²) in [6.07, 6.45) is 5.63. The van der Waals surface area contributed by atoms with Crippen LogP contribution in [-0.4, -0.2) is 55.4 Å². The summed E-state index contributed by atoms with van der Waals surface area (Å²) < 4.78 is 10.3. The van der Waals surface area contributed by atoms with Crippen molar-refractivity contribution in [1.29, 1.82) is 0 Å². The number of urea groups is 1. The number of carbonyl (C=O) groups excluding carboxylic acids is 2. The predicted molar refractivity (Wildman–Crippen MR) is 127 cm³/mol. The Labute approximate surface area is 194 Å². The van der Waals surface area contributed by atoms with Crippen LogP contribution < -0.4 is 16.0 Å². The molecule has 3 rings (SSSR count). The van der Waals surface area contributed by atoms with E-state index in [1.807, 2.05) is 31.2 Å². The van der Waals surface area contributed by atoms with Crippen LogP contribution in [0, 0.1) is 0 Å². The van der Waals surface area contributed by atoms with E-state index in [-0.39, 0.29) is 18.7 Å². The summed E-state index contributed by atoms with van der Waals surface area (Å²) >= 11 is 5.43. The van der Waals surface area contributed by atoms with Crippen LogP contribution in [0.15, 0.2) is 35.5 Å². The topological polar surface area (TPSA) is 91.9 Å². The first kappa shape index (κ1) is 24.0. The number of allylic oxidation sites excluding steroid dienone is 1. The minimum absolute atomic E-state index is 0.173. The maximum atomic E-state index is 12.8. The highest BCUT2D eigenvalue weighted by atomic mass is 32.1. The first-order valence-corrected chi connectivity index (χ1v) is 11.4. The van der Waals surface area contributed by atoms with E-state index in [0.29, 0.717) is 23.0 Å². The molecule has 8 nitrogen and oxygen atoms in total. The molecular weight excluding hydrogens is 428 g/mol. The summed E-state index contributed by atoms with van der Waals surface area (Å²) in [4.78, 5) is 26.9. The number of anilines is 1. The van der Waals surface area contributed by atoms with Gasteiger partial charge in [-0.15, -0.1) is 0 Å². The molecule has 1 heterocycles. The van der Waals surface area contributed by atoms with E-state index in [0.717, 1.165) is 36.9 Å². The van der Waals surface area contributed by atoms with Gasteiger partial charge in [-0.1, -0.05) is 31.4 Å². The summed E-state index contributed by atoms with van der Waals surface area (Å²) in [5, 5.41) is 9.67. The molecule has 0 aromatic heterocycles. The second kappa shape index (κ2) is 11.3. The van der Waals surface area contributed by atoms with Crippen molar-refractivity contribution < 1.29 is 19.1 Å². The van der Waals surface area contributed by atoms with Gasteiger partial charge in [0, 0.05) is 31.6 Å². The molecule has 0 spiro atoms. The summed E-state index contributed by atoms with van der Waals surface area (Å²) in [6, 6.07) is 6.99. The van der Waals surface area contributed by atoms with E-state index in [1.54, 1.807) is 19.1 Å². The Hall–Kier alpha value is -2.65. The summed E-state index contributed by atoms with van der Waals surface area (Å²) in [5.41, 5.74) is 2.75. The van der Waals surface area contributed by atoms with Gasteiger partial charge >= 0.3 is 12.0 Å². The number of hydrogen-bond acceptors (Lipinski definition) is 5. The van der Waals surface area contributed by atoms with Crippen LogP contribution in [0.5, 0.6) is 0 Å². The number of ether oxygens (including phenoxy) is 2. The Morgan fingerprint density at radius 1 is 1.16 bits per heavy atom. The highest BCUT2D eigenvalue weighted by Gasteiger charge is 2.33. The molecule has 1 aliphatic heterocycles. The van der Waals surface area contributed by atoms with Crippen LogP contribution >= 0.6 is 12.2 Å². The monoisotopic (exact) mass is 460 g/mol. The van der Waals surface area contributed by atoms with Gasteiger partial charge in [0.1, 0.15) is 6.61 Å². The standard InChI is InChI=1S/C23H32N4O4S/c1-15-19(21(28)31-14-13-30-3)20(26-23(32)27(15)2)16-9-11-18(12-10-16)25-22(29)24-17-7-5-4-6-8-17/h9-12,17,20H,4-8,13-14H2,1-3H3,(H,26,32)(H2,24,25,29). The zero-order chi connectivity index (χ0) is 23.1. The molecule has 1 aromatic carbocycles. The molecule has 1 aliphatic carbocycles. The molecule has 3 N–H and O–H groups in total. The lowest BCUT2D eigenvalue weighted by molar-refractivity contribution is -0.140. The fourth-order valence-corrected chi connectivity index (χ4v) is 4.26. The SMILES string of the molecule is COCCOC(=O)C1=C(C)N(C)C(=S)NC1c1ccc(NC(=O)NC2CCCCC2)cc1. The Balaban J connectivity index is 1.71. The molecule has 1 atom stereocenters. The van der Waals surface area contributed by atoms with E-state index < -0.39 is 12.0 Å². The van der Waals surface area contributed by atoms with E-state index in [2.05, 4.69) is 16.0 Å². The number of rotatable bonds is 7. The van der Waals surface area contributed by atoms with Gasteiger partial charge in [-0.3, -0.25) is 0 Å². The molecule has 0 bridgehead atoms. The van der Waals surface area contributed by atoms with Gasteiger partial charge in [0.15, 0.2) is 5.11 Å². The maximum absolute atomic E-state index is 12.8. The van der Waals surface area contributed by atoms with Gasteiger partial charge in [0.05, 0.1) is 18.2 Å². The third kappa shape index (κ3) is 5.98. The van der Waals surface area contributed by atoms with E-state index in [4.69, 9.17) is 21.7 Å². The second-order valence-corrected chi connectivity index (χ2v) is 8.51. The minimum atomic E-state index is -0.445. The molecule has 32 heavy (non-hydrogen) atoms.